The molecule has 3 rings (SSSR count). The van der Waals surface area contributed by atoms with Crippen LogP contribution in [0.5, 0.6) is 5.75 Å². The smallest absolute Gasteiger partial charge is 0.131 e. The van der Waals surface area contributed by atoms with E-state index >= 15 is 0 Å². The van der Waals surface area contributed by atoms with E-state index in [-0.39, 0.29) is 17.6 Å². The highest BCUT2D eigenvalue weighted by Gasteiger charge is 2.36. The fourth-order valence-corrected chi connectivity index (χ4v) is 3.75. The first-order chi connectivity index (χ1) is 9.54. The molecule has 4 heteroatoms. The molecule has 2 saturated heterocycles. The van der Waals surface area contributed by atoms with Gasteiger partial charge in [-0.2, -0.15) is 0 Å². The van der Waals surface area contributed by atoms with Gasteiger partial charge in [-0.1, -0.05) is 6.07 Å². The zero-order valence-corrected chi connectivity index (χ0v) is 12.1. The van der Waals surface area contributed by atoms with Crippen molar-refractivity contribution < 1.29 is 9.50 Å². The normalized spacial score (nSPS) is 30.7. The fraction of sp³-hybridized carbons (Fsp3) is 0.625. The number of hydrogen-bond donors (Lipinski definition) is 2. The van der Waals surface area contributed by atoms with Crippen molar-refractivity contribution in [3.05, 3.63) is 29.6 Å². The van der Waals surface area contributed by atoms with Crippen LogP contribution in [0.3, 0.4) is 0 Å². The van der Waals surface area contributed by atoms with Gasteiger partial charge in [0.2, 0.25) is 0 Å². The lowest BCUT2D eigenvalue weighted by molar-refractivity contribution is 0.130. The van der Waals surface area contributed by atoms with Crippen LogP contribution >= 0.6 is 0 Å². The molecule has 110 valence electrons. The maximum atomic E-state index is 14.0. The van der Waals surface area contributed by atoms with Crippen molar-refractivity contribution in [1.29, 1.82) is 0 Å². The molecule has 20 heavy (non-hydrogen) atoms. The van der Waals surface area contributed by atoms with Crippen LogP contribution in [-0.4, -0.2) is 35.2 Å². The molecule has 2 bridgehead atoms. The molecule has 3 unspecified atom stereocenters. The van der Waals surface area contributed by atoms with Crippen molar-refractivity contribution in [2.24, 2.45) is 0 Å². The van der Waals surface area contributed by atoms with Gasteiger partial charge < -0.3 is 10.4 Å². The largest absolute Gasteiger partial charge is 0.508 e. The number of hydrogen-bond acceptors (Lipinski definition) is 3. The summed E-state index contributed by atoms with van der Waals surface area (Å²) in [6, 6.07) is 6.27. The molecule has 3 nitrogen and oxygen atoms in total. The molecule has 0 radical (unpaired) electrons. The quantitative estimate of drug-likeness (QED) is 0.892. The Morgan fingerprint density at radius 3 is 2.55 bits per heavy atom. The molecule has 0 amide bonds. The number of aromatic hydroxyl groups is 1. The third kappa shape index (κ3) is 2.54. The van der Waals surface area contributed by atoms with Crippen LogP contribution < -0.4 is 5.32 Å². The van der Waals surface area contributed by atoms with Crippen LogP contribution in [0, 0.1) is 5.82 Å². The maximum absolute atomic E-state index is 14.0. The highest BCUT2D eigenvalue weighted by atomic mass is 19.1. The van der Waals surface area contributed by atoms with Gasteiger partial charge in [-0.15, -0.1) is 0 Å². The number of halogens is 1. The van der Waals surface area contributed by atoms with Gasteiger partial charge >= 0.3 is 0 Å². The molecular formula is C16H23FN2O. The molecule has 2 N–H and O–H groups in total. The molecule has 0 saturated carbocycles. The molecule has 1 aromatic rings. The first kappa shape index (κ1) is 13.8. The van der Waals surface area contributed by atoms with E-state index < -0.39 is 0 Å². The van der Waals surface area contributed by atoms with E-state index in [1.165, 1.54) is 18.9 Å². The van der Waals surface area contributed by atoms with Gasteiger partial charge in [0.05, 0.1) is 0 Å². The second kappa shape index (κ2) is 5.34. The molecule has 2 fully saturated rings. The van der Waals surface area contributed by atoms with Crippen LogP contribution in [0.2, 0.25) is 0 Å². The highest BCUT2D eigenvalue weighted by molar-refractivity contribution is 5.29. The van der Waals surface area contributed by atoms with E-state index in [1.807, 2.05) is 6.92 Å². The third-order valence-electron chi connectivity index (χ3n) is 5.07. The second-order valence-electron chi connectivity index (χ2n) is 6.31. The van der Waals surface area contributed by atoms with Crippen LogP contribution in [0.1, 0.15) is 44.2 Å². The van der Waals surface area contributed by atoms with Gasteiger partial charge in [0, 0.05) is 35.8 Å². The SMILES string of the molecule is CC(c1ccc(O)cc1F)N(C)C1CC2CCC(C1)N2. The zero-order chi connectivity index (χ0) is 14.3. The first-order valence-electron chi connectivity index (χ1n) is 7.51. The summed E-state index contributed by atoms with van der Waals surface area (Å²) in [6.45, 7) is 2.04. The predicted molar refractivity (Wildman–Crippen MR) is 77.2 cm³/mol. The van der Waals surface area contributed by atoms with E-state index in [0.717, 1.165) is 12.8 Å². The molecule has 2 aliphatic heterocycles. The maximum Gasteiger partial charge on any atom is 0.131 e. The van der Waals surface area contributed by atoms with Crippen LogP contribution in [0.15, 0.2) is 18.2 Å². The minimum atomic E-state index is -0.318. The standard InChI is InChI=1S/C16H23FN2O/c1-10(15-6-5-14(20)9-16(15)17)19(2)13-7-11-3-4-12(8-13)18-11/h5-6,9-13,18,20H,3-4,7-8H2,1-2H3. The summed E-state index contributed by atoms with van der Waals surface area (Å²) in [5, 5.41) is 13.0. The molecule has 0 spiro atoms. The molecule has 0 aliphatic carbocycles. The van der Waals surface area contributed by atoms with Crippen molar-refractivity contribution in [3.8, 4) is 5.75 Å². The third-order valence-corrected chi connectivity index (χ3v) is 5.07. The number of phenols is 1. The lowest BCUT2D eigenvalue weighted by Crippen LogP contribution is -2.47. The van der Waals surface area contributed by atoms with Gasteiger partial charge in [0.1, 0.15) is 11.6 Å². The number of nitrogens with one attached hydrogen (secondary N) is 1. The number of nitrogens with zero attached hydrogens (tertiary/aromatic N) is 1. The average Bonchev–Trinajstić information content (AvgIpc) is 2.76. The summed E-state index contributed by atoms with van der Waals surface area (Å²) in [6.07, 6.45) is 4.85. The van der Waals surface area contributed by atoms with Gasteiger partial charge in [0.15, 0.2) is 0 Å². The zero-order valence-electron chi connectivity index (χ0n) is 12.1. The summed E-state index contributed by atoms with van der Waals surface area (Å²) >= 11 is 0. The molecule has 0 aromatic heterocycles. The van der Waals surface area contributed by atoms with E-state index in [9.17, 15) is 9.50 Å². The Labute approximate surface area is 119 Å². The van der Waals surface area contributed by atoms with Gasteiger partial charge in [-0.05, 0) is 45.7 Å². The van der Waals surface area contributed by atoms with E-state index in [1.54, 1.807) is 12.1 Å². The highest BCUT2D eigenvalue weighted by Crippen LogP contribution is 2.33. The Kier molecular flexibility index (Phi) is 3.69. The number of piperidine rings is 1. The molecular weight excluding hydrogens is 255 g/mol. The lowest BCUT2D eigenvalue weighted by atomic mass is 9.95. The Bertz CT molecular complexity index is 481. The van der Waals surface area contributed by atoms with Crippen LogP contribution in [-0.2, 0) is 0 Å². The average molecular weight is 278 g/mol. The van der Waals surface area contributed by atoms with E-state index in [4.69, 9.17) is 0 Å². The minimum Gasteiger partial charge on any atom is -0.508 e. The summed E-state index contributed by atoms with van der Waals surface area (Å²) in [7, 11) is 2.09. The van der Waals surface area contributed by atoms with E-state index in [0.29, 0.717) is 23.7 Å². The van der Waals surface area contributed by atoms with Gasteiger partial charge in [-0.3, -0.25) is 4.90 Å². The van der Waals surface area contributed by atoms with Gasteiger partial charge in [-0.25, -0.2) is 4.39 Å². The minimum absolute atomic E-state index is 0.0130. The predicted octanol–water partition coefficient (Wildman–Crippen LogP) is 2.81. The van der Waals surface area contributed by atoms with Crippen molar-refractivity contribution in [3.63, 3.8) is 0 Å². The Balaban J connectivity index is 1.74. The van der Waals surface area contributed by atoms with Crippen LogP contribution in [0.4, 0.5) is 4.39 Å². The van der Waals surface area contributed by atoms with Crippen molar-refractivity contribution in [1.82, 2.24) is 10.2 Å². The molecule has 2 aliphatic rings. The van der Waals surface area contributed by atoms with Crippen molar-refractivity contribution in [2.75, 3.05) is 7.05 Å². The second-order valence-corrected chi connectivity index (χ2v) is 6.31. The molecule has 2 heterocycles. The summed E-state index contributed by atoms with van der Waals surface area (Å²) in [5.41, 5.74) is 0.663. The summed E-state index contributed by atoms with van der Waals surface area (Å²) in [4.78, 5) is 2.29. The lowest BCUT2D eigenvalue weighted by Gasteiger charge is -2.39. The van der Waals surface area contributed by atoms with Gasteiger partial charge in [0.25, 0.3) is 0 Å². The first-order valence-corrected chi connectivity index (χ1v) is 7.51. The Hall–Kier alpha value is -1.13. The Morgan fingerprint density at radius 2 is 1.95 bits per heavy atom. The summed E-state index contributed by atoms with van der Waals surface area (Å²) < 4.78 is 14.0. The van der Waals surface area contributed by atoms with E-state index in [2.05, 4.69) is 17.3 Å². The monoisotopic (exact) mass is 278 g/mol. The van der Waals surface area contributed by atoms with Crippen LogP contribution in [0.25, 0.3) is 0 Å². The molecule has 3 atom stereocenters. The van der Waals surface area contributed by atoms with Crippen molar-refractivity contribution in [2.45, 2.75) is 56.8 Å². The number of benzene rings is 1. The summed E-state index contributed by atoms with van der Waals surface area (Å²) in [5.74, 6) is -0.331. The number of phenolic OH excluding ortho intramolecular Hbond substituents is 1. The fourth-order valence-electron chi connectivity index (χ4n) is 3.75. The Morgan fingerprint density at radius 1 is 1.30 bits per heavy atom. The number of fused-ring (bicyclic) bond motifs is 2. The van der Waals surface area contributed by atoms with Crippen molar-refractivity contribution >= 4 is 0 Å². The topological polar surface area (TPSA) is 35.5 Å². The number of rotatable bonds is 3. The molecule has 1 aromatic carbocycles.